The molecule has 0 aromatic heterocycles. The van der Waals surface area contributed by atoms with Crippen molar-refractivity contribution in [3.8, 4) is 0 Å². The second-order valence-corrected chi connectivity index (χ2v) is 4.32. The highest BCUT2D eigenvalue weighted by Crippen LogP contribution is 2.25. The van der Waals surface area contributed by atoms with Crippen LogP contribution in [-0.4, -0.2) is 6.41 Å². The summed E-state index contributed by atoms with van der Waals surface area (Å²) in [6.07, 6.45) is 0.636. The summed E-state index contributed by atoms with van der Waals surface area (Å²) in [5.74, 6) is 0. The molecular weight excluding hydrogens is 224 g/mol. The molecule has 0 heterocycles. The van der Waals surface area contributed by atoms with Crippen molar-refractivity contribution in [2.75, 3.05) is 0 Å². The van der Waals surface area contributed by atoms with Crippen LogP contribution in [0.4, 0.5) is 0 Å². The topological polar surface area (TPSA) is 55.1 Å². The summed E-state index contributed by atoms with van der Waals surface area (Å²) < 4.78 is 0. The van der Waals surface area contributed by atoms with E-state index in [-0.39, 0.29) is 6.04 Å². The summed E-state index contributed by atoms with van der Waals surface area (Å²) in [6, 6.07) is 12.0. The summed E-state index contributed by atoms with van der Waals surface area (Å²) >= 11 is 0. The summed E-state index contributed by atoms with van der Waals surface area (Å²) in [7, 11) is 0. The number of hydrogen-bond donors (Lipinski definition) is 2. The van der Waals surface area contributed by atoms with E-state index in [2.05, 4.69) is 18.0 Å². The minimum absolute atomic E-state index is 0.00866. The largest absolute Gasteiger partial charge is 0.329 e. The lowest BCUT2D eigenvalue weighted by atomic mass is 9.98. The zero-order valence-corrected chi connectivity index (χ0v) is 10.3. The quantitative estimate of drug-likeness (QED) is 0.807. The monoisotopic (exact) mass is 240 g/mol. The van der Waals surface area contributed by atoms with Gasteiger partial charge in [0, 0.05) is 17.3 Å². The van der Waals surface area contributed by atoms with Gasteiger partial charge >= 0.3 is 0 Å². The van der Waals surface area contributed by atoms with Gasteiger partial charge in [0.15, 0.2) is 0 Å². The number of benzene rings is 2. The Morgan fingerprint density at radius 2 is 2.17 bits per heavy atom. The van der Waals surface area contributed by atoms with Crippen molar-refractivity contribution >= 4 is 22.9 Å². The van der Waals surface area contributed by atoms with Crippen LogP contribution in [0.15, 0.2) is 43.0 Å². The van der Waals surface area contributed by atoms with E-state index in [4.69, 9.17) is 5.73 Å². The van der Waals surface area contributed by atoms with Crippen LogP contribution in [0.1, 0.15) is 24.1 Å². The minimum atomic E-state index is 0.00866. The maximum Gasteiger partial charge on any atom is 0.211 e. The molecule has 3 nitrogen and oxygen atoms in total. The van der Waals surface area contributed by atoms with Gasteiger partial charge in [-0.1, -0.05) is 36.9 Å². The molecule has 1 amide bonds. The molecular formula is C15H16N2O. The van der Waals surface area contributed by atoms with Crippen LogP contribution in [-0.2, 0) is 4.79 Å². The number of carbonyl (C=O) groups excluding carboxylic acids is 1. The fraction of sp³-hybridized carbons (Fsp3) is 0.133. The average Bonchev–Trinajstić information content (AvgIpc) is 2.37. The number of fused-ring (bicyclic) bond motifs is 1. The van der Waals surface area contributed by atoms with Crippen molar-refractivity contribution in [1.82, 2.24) is 5.32 Å². The number of rotatable bonds is 4. The molecule has 1 unspecified atom stereocenters. The molecule has 2 rings (SSSR count). The molecule has 1 atom stereocenters. The van der Waals surface area contributed by atoms with Gasteiger partial charge in [0.1, 0.15) is 0 Å². The number of carbonyl (C=O) groups is 1. The molecule has 0 aliphatic rings. The molecule has 0 fully saturated rings. The molecule has 3 heteroatoms. The first kappa shape index (κ1) is 12.3. The number of nitrogens with two attached hydrogens (primary N) is 1. The number of nitrogens with one attached hydrogen (secondary N) is 1. The van der Waals surface area contributed by atoms with E-state index in [0.29, 0.717) is 12.1 Å². The Bertz CT molecular complexity index is 602. The van der Waals surface area contributed by atoms with E-state index in [1.807, 2.05) is 37.3 Å². The molecule has 0 saturated heterocycles. The molecule has 2 aromatic carbocycles. The van der Waals surface area contributed by atoms with Crippen molar-refractivity contribution in [2.45, 2.75) is 13.0 Å². The van der Waals surface area contributed by atoms with E-state index in [1.54, 1.807) is 0 Å². The summed E-state index contributed by atoms with van der Waals surface area (Å²) in [6.45, 7) is 5.81. The van der Waals surface area contributed by atoms with Crippen molar-refractivity contribution in [1.29, 1.82) is 0 Å². The fourth-order valence-corrected chi connectivity index (χ4v) is 2.00. The highest BCUT2D eigenvalue weighted by Gasteiger charge is 2.06. The molecule has 0 radical (unpaired) electrons. The first-order valence-corrected chi connectivity index (χ1v) is 5.81. The maximum absolute atomic E-state index is 10.5. The van der Waals surface area contributed by atoms with Crippen molar-refractivity contribution in [3.05, 3.63) is 54.1 Å². The standard InChI is InChI=1S/C15H16N2O/c1-10(16)12-6-7-15-13(8-12)4-3-5-14(15)11(2)17-9-18/h3-10H,2,16H2,1H3,(H,17,18). The Morgan fingerprint density at radius 1 is 1.39 bits per heavy atom. The van der Waals surface area contributed by atoms with Crippen molar-refractivity contribution in [3.63, 3.8) is 0 Å². The van der Waals surface area contributed by atoms with E-state index >= 15 is 0 Å². The Labute approximate surface area is 106 Å². The summed E-state index contributed by atoms with van der Waals surface area (Å²) in [5, 5.41) is 4.74. The minimum Gasteiger partial charge on any atom is -0.329 e. The van der Waals surface area contributed by atoms with Gasteiger partial charge in [0.25, 0.3) is 0 Å². The van der Waals surface area contributed by atoms with Crippen LogP contribution < -0.4 is 11.1 Å². The lowest BCUT2D eigenvalue weighted by molar-refractivity contribution is -0.108. The molecule has 0 saturated carbocycles. The lowest BCUT2D eigenvalue weighted by Crippen LogP contribution is -2.08. The first-order valence-electron chi connectivity index (χ1n) is 5.81. The molecule has 0 spiro atoms. The molecule has 18 heavy (non-hydrogen) atoms. The second kappa shape index (κ2) is 5.02. The van der Waals surface area contributed by atoms with Gasteiger partial charge in [-0.15, -0.1) is 0 Å². The lowest BCUT2D eigenvalue weighted by Gasteiger charge is -2.11. The smallest absolute Gasteiger partial charge is 0.211 e. The molecule has 92 valence electrons. The van der Waals surface area contributed by atoms with Crippen LogP contribution >= 0.6 is 0 Å². The van der Waals surface area contributed by atoms with Crippen LogP contribution in [0.5, 0.6) is 0 Å². The molecule has 2 aromatic rings. The Morgan fingerprint density at radius 3 is 2.83 bits per heavy atom. The van der Waals surface area contributed by atoms with E-state index in [0.717, 1.165) is 21.9 Å². The van der Waals surface area contributed by atoms with E-state index in [1.165, 1.54) is 0 Å². The third-order valence-electron chi connectivity index (χ3n) is 2.99. The van der Waals surface area contributed by atoms with Crippen molar-refractivity contribution in [2.24, 2.45) is 5.73 Å². The fourth-order valence-electron chi connectivity index (χ4n) is 2.00. The van der Waals surface area contributed by atoms with Gasteiger partial charge in [0.2, 0.25) is 6.41 Å². The van der Waals surface area contributed by atoms with Gasteiger partial charge < -0.3 is 11.1 Å². The molecule has 0 aliphatic carbocycles. The van der Waals surface area contributed by atoms with Crippen LogP contribution in [0.3, 0.4) is 0 Å². The van der Waals surface area contributed by atoms with E-state index < -0.39 is 0 Å². The normalized spacial score (nSPS) is 12.1. The third-order valence-corrected chi connectivity index (χ3v) is 2.99. The number of hydrogen-bond acceptors (Lipinski definition) is 2. The molecule has 3 N–H and O–H groups in total. The summed E-state index contributed by atoms with van der Waals surface area (Å²) in [5.41, 5.74) is 8.49. The zero-order chi connectivity index (χ0) is 13.1. The van der Waals surface area contributed by atoms with Crippen LogP contribution in [0.25, 0.3) is 16.5 Å². The van der Waals surface area contributed by atoms with Gasteiger partial charge in [-0.3, -0.25) is 4.79 Å². The van der Waals surface area contributed by atoms with Crippen molar-refractivity contribution < 1.29 is 4.79 Å². The Kier molecular flexibility index (Phi) is 3.44. The molecule has 0 aliphatic heterocycles. The predicted molar refractivity (Wildman–Crippen MR) is 74.8 cm³/mol. The average molecular weight is 240 g/mol. The predicted octanol–water partition coefficient (Wildman–Crippen LogP) is 2.58. The second-order valence-electron chi connectivity index (χ2n) is 4.32. The van der Waals surface area contributed by atoms with E-state index in [9.17, 15) is 4.79 Å². The zero-order valence-electron chi connectivity index (χ0n) is 10.3. The SMILES string of the molecule is C=C(NC=O)c1cccc2cc(C(C)N)ccc12. The maximum atomic E-state index is 10.5. The number of amides is 1. The van der Waals surface area contributed by atoms with Gasteiger partial charge in [-0.05, 0) is 29.3 Å². The van der Waals surface area contributed by atoms with Crippen LogP contribution in [0.2, 0.25) is 0 Å². The van der Waals surface area contributed by atoms with Gasteiger partial charge in [0.05, 0.1) is 0 Å². The summed E-state index contributed by atoms with van der Waals surface area (Å²) in [4.78, 5) is 10.5. The van der Waals surface area contributed by atoms with Gasteiger partial charge in [-0.25, -0.2) is 0 Å². The third kappa shape index (κ3) is 2.26. The van der Waals surface area contributed by atoms with Crippen LogP contribution in [0, 0.1) is 0 Å². The molecule has 0 bridgehead atoms. The highest BCUT2D eigenvalue weighted by atomic mass is 16.1. The van der Waals surface area contributed by atoms with Gasteiger partial charge in [-0.2, -0.15) is 0 Å². The Hall–Kier alpha value is -2.13. The Balaban J connectivity index is 2.57. The highest BCUT2D eigenvalue weighted by molar-refractivity contribution is 5.94. The first-order chi connectivity index (χ1) is 8.63.